The summed E-state index contributed by atoms with van der Waals surface area (Å²) in [6.45, 7) is 3.99. The van der Waals surface area contributed by atoms with Crippen molar-refractivity contribution in [2.75, 3.05) is 11.9 Å². The maximum Gasteiger partial charge on any atom is 0.261 e. The molecule has 1 N–H and O–H groups in total. The van der Waals surface area contributed by atoms with E-state index in [0.717, 1.165) is 17.7 Å². The van der Waals surface area contributed by atoms with Gasteiger partial charge in [-0.25, -0.2) is 0 Å². The van der Waals surface area contributed by atoms with Gasteiger partial charge in [0.25, 0.3) is 5.91 Å². The smallest absolute Gasteiger partial charge is 0.261 e. The largest absolute Gasteiger partial charge is 0.507 e. The van der Waals surface area contributed by atoms with Crippen molar-refractivity contribution >= 4 is 11.6 Å². The maximum absolute atomic E-state index is 12.4. The summed E-state index contributed by atoms with van der Waals surface area (Å²) in [5, 5.41) is 9.84. The lowest BCUT2D eigenvalue weighted by molar-refractivity contribution is 0.0990. The molecule has 2 aromatic rings. The summed E-state index contributed by atoms with van der Waals surface area (Å²) in [4.78, 5) is 14.0. The Bertz CT molecular complexity index is 617. The number of benzene rings is 2. The first-order chi connectivity index (χ1) is 9.52. The predicted molar refractivity (Wildman–Crippen MR) is 81.4 cm³/mol. The van der Waals surface area contributed by atoms with E-state index in [1.807, 2.05) is 31.2 Å². The molecule has 0 saturated carbocycles. The number of carbonyl (C=O) groups excluding carboxylic acids is 1. The van der Waals surface area contributed by atoms with Gasteiger partial charge in [0.05, 0.1) is 5.56 Å². The second-order valence-corrected chi connectivity index (χ2v) is 4.90. The van der Waals surface area contributed by atoms with Crippen molar-refractivity contribution in [2.24, 2.45) is 0 Å². The summed E-state index contributed by atoms with van der Waals surface area (Å²) in [5.41, 5.74) is 3.31. The lowest BCUT2D eigenvalue weighted by atomic mass is 10.1. The van der Waals surface area contributed by atoms with Crippen LogP contribution >= 0.6 is 0 Å². The highest BCUT2D eigenvalue weighted by molar-refractivity contribution is 6.07. The van der Waals surface area contributed by atoms with Crippen molar-refractivity contribution in [1.29, 1.82) is 0 Å². The van der Waals surface area contributed by atoms with Crippen LogP contribution in [0, 0.1) is 6.92 Å². The van der Waals surface area contributed by atoms with Gasteiger partial charge in [0.15, 0.2) is 0 Å². The number of hydrogen-bond donors (Lipinski definition) is 1. The fourth-order valence-corrected chi connectivity index (χ4v) is 2.07. The Morgan fingerprint density at radius 2 is 1.80 bits per heavy atom. The quantitative estimate of drug-likeness (QED) is 0.925. The van der Waals surface area contributed by atoms with Crippen molar-refractivity contribution in [1.82, 2.24) is 0 Å². The minimum absolute atomic E-state index is 0.0117. The number of aromatic hydroxyl groups is 1. The highest BCUT2D eigenvalue weighted by atomic mass is 16.3. The summed E-state index contributed by atoms with van der Waals surface area (Å²) >= 11 is 0. The number of amides is 1. The van der Waals surface area contributed by atoms with Crippen LogP contribution < -0.4 is 4.90 Å². The standard InChI is InChI=1S/C17H19NO2/c1-4-13-6-8-14(9-7-13)18(3)17(20)15-11-12(2)5-10-16(15)19/h5-11,19H,4H2,1-3H3. The molecule has 0 aliphatic rings. The van der Waals surface area contributed by atoms with Gasteiger partial charge in [0, 0.05) is 12.7 Å². The molecule has 0 bridgehead atoms. The summed E-state index contributed by atoms with van der Waals surface area (Å²) < 4.78 is 0. The van der Waals surface area contributed by atoms with Gasteiger partial charge in [-0.05, 0) is 43.2 Å². The van der Waals surface area contributed by atoms with Gasteiger partial charge in [0.2, 0.25) is 0 Å². The van der Waals surface area contributed by atoms with Crippen LogP contribution in [0.5, 0.6) is 5.75 Å². The molecule has 0 saturated heterocycles. The molecule has 0 heterocycles. The van der Waals surface area contributed by atoms with Crippen LogP contribution in [0.4, 0.5) is 5.69 Å². The van der Waals surface area contributed by atoms with E-state index >= 15 is 0 Å². The molecule has 3 nitrogen and oxygen atoms in total. The third-order valence-corrected chi connectivity index (χ3v) is 3.42. The zero-order valence-corrected chi connectivity index (χ0v) is 12.1. The van der Waals surface area contributed by atoms with Crippen molar-refractivity contribution in [3.63, 3.8) is 0 Å². The van der Waals surface area contributed by atoms with Crippen molar-refractivity contribution in [3.8, 4) is 5.75 Å². The fraction of sp³-hybridized carbons (Fsp3) is 0.235. The molecular weight excluding hydrogens is 250 g/mol. The number of phenols is 1. The number of phenolic OH excluding ortho intramolecular Hbond substituents is 1. The Balaban J connectivity index is 2.29. The molecule has 0 spiro atoms. The first-order valence-corrected chi connectivity index (χ1v) is 6.69. The van der Waals surface area contributed by atoms with Crippen LogP contribution in [0.3, 0.4) is 0 Å². The van der Waals surface area contributed by atoms with Crippen LogP contribution in [-0.2, 0) is 6.42 Å². The number of aryl methyl sites for hydroxylation is 2. The first kappa shape index (κ1) is 14.1. The molecular formula is C17H19NO2. The molecule has 0 aliphatic heterocycles. The Morgan fingerprint density at radius 3 is 2.40 bits per heavy atom. The molecule has 2 rings (SSSR count). The summed E-state index contributed by atoms with van der Waals surface area (Å²) in [5.74, 6) is -0.201. The highest BCUT2D eigenvalue weighted by Crippen LogP contribution is 2.23. The van der Waals surface area contributed by atoms with E-state index in [-0.39, 0.29) is 11.7 Å². The monoisotopic (exact) mass is 269 g/mol. The number of carbonyl (C=O) groups is 1. The van der Waals surface area contributed by atoms with E-state index < -0.39 is 0 Å². The Hall–Kier alpha value is -2.29. The molecule has 20 heavy (non-hydrogen) atoms. The van der Waals surface area contributed by atoms with Gasteiger partial charge in [-0.1, -0.05) is 30.7 Å². The van der Waals surface area contributed by atoms with Crippen molar-refractivity contribution < 1.29 is 9.90 Å². The van der Waals surface area contributed by atoms with Crippen LogP contribution in [0.1, 0.15) is 28.4 Å². The van der Waals surface area contributed by atoms with E-state index in [2.05, 4.69) is 6.92 Å². The zero-order valence-electron chi connectivity index (χ0n) is 12.1. The molecule has 104 valence electrons. The average molecular weight is 269 g/mol. The van der Waals surface area contributed by atoms with Gasteiger partial charge in [-0.3, -0.25) is 4.79 Å². The van der Waals surface area contributed by atoms with Gasteiger partial charge in [0.1, 0.15) is 5.75 Å². The third kappa shape index (κ3) is 2.82. The molecule has 1 amide bonds. The Morgan fingerprint density at radius 1 is 1.15 bits per heavy atom. The molecule has 0 aromatic heterocycles. The SMILES string of the molecule is CCc1ccc(N(C)C(=O)c2cc(C)ccc2O)cc1. The van der Waals surface area contributed by atoms with Gasteiger partial charge < -0.3 is 10.0 Å². The van der Waals surface area contributed by atoms with E-state index in [9.17, 15) is 9.90 Å². The Kier molecular flexibility index (Phi) is 4.08. The summed E-state index contributed by atoms with van der Waals surface area (Å²) in [6, 6.07) is 12.9. The molecule has 3 heteroatoms. The minimum Gasteiger partial charge on any atom is -0.507 e. The van der Waals surface area contributed by atoms with Crippen LogP contribution in [0.2, 0.25) is 0 Å². The zero-order chi connectivity index (χ0) is 14.7. The van der Waals surface area contributed by atoms with E-state index in [1.165, 1.54) is 5.56 Å². The molecule has 2 aromatic carbocycles. The Labute approximate surface area is 119 Å². The van der Waals surface area contributed by atoms with Crippen molar-refractivity contribution in [2.45, 2.75) is 20.3 Å². The summed E-state index contributed by atoms with van der Waals surface area (Å²) in [6.07, 6.45) is 0.969. The lowest BCUT2D eigenvalue weighted by Crippen LogP contribution is -2.26. The highest BCUT2D eigenvalue weighted by Gasteiger charge is 2.17. The fourth-order valence-electron chi connectivity index (χ4n) is 2.07. The second kappa shape index (κ2) is 5.78. The third-order valence-electron chi connectivity index (χ3n) is 3.42. The number of hydrogen-bond acceptors (Lipinski definition) is 2. The predicted octanol–water partition coefficient (Wildman–Crippen LogP) is 3.54. The number of anilines is 1. The van der Waals surface area contributed by atoms with Gasteiger partial charge in [-0.2, -0.15) is 0 Å². The molecule has 0 fully saturated rings. The topological polar surface area (TPSA) is 40.5 Å². The van der Waals surface area contributed by atoms with Crippen molar-refractivity contribution in [3.05, 3.63) is 59.2 Å². The molecule has 0 aliphatic carbocycles. The molecule has 0 unspecified atom stereocenters. The van der Waals surface area contributed by atoms with Crippen LogP contribution in [0.25, 0.3) is 0 Å². The normalized spacial score (nSPS) is 10.3. The van der Waals surface area contributed by atoms with E-state index in [0.29, 0.717) is 5.56 Å². The lowest BCUT2D eigenvalue weighted by Gasteiger charge is -2.18. The van der Waals surface area contributed by atoms with Crippen LogP contribution in [-0.4, -0.2) is 18.1 Å². The maximum atomic E-state index is 12.4. The van der Waals surface area contributed by atoms with Gasteiger partial charge in [-0.15, -0.1) is 0 Å². The van der Waals surface area contributed by atoms with E-state index in [4.69, 9.17) is 0 Å². The minimum atomic E-state index is -0.213. The van der Waals surface area contributed by atoms with Crippen LogP contribution in [0.15, 0.2) is 42.5 Å². The summed E-state index contributed by atoms with van der Waals surface area (Å²) in [7, 11) is 1.71. The number of rotatable bonds is 3. The first-order valence-electron chi connectivity index (χ1n) is 6.69. The van der Waals surface area contributed by atoms with Gasteiger partial charge >= 0.3 is 0 Å². The molecule has 0 atom stereocenters. The second-order valence-electron chi connectivity index (χ2n) is 4.90. The average Bonchev–Trinajstić information content (AvgIpc) is 2.48. The molecule has 0 radical (unpaired) electrons. The van der Waals surface area contributed by atoms with E-state index in [1.54, 1.807) is 30.1 Å². The number of nitrogens with zero attached hydrogens (tertiary/aromatic N) is 1.